The van der Waals surface area contributed by atoms with E-state index in [0.29, 0.717) is 18.1 Å². The number of ether oxygens (including phenoxy) is 1. The Bertz CT molecular complexity index is 1060. The van der Waals surface area contributed by atoms with Crippen LogP contribution >= 0.6 is 11.9 Å². The number of fused-ring (bicyclic) bond motifs is 3. The standard InChI is InChI=1S/C24H26F2N2O3S/c1-2-28-6-5-13(11-28)7-14-8-16(25)3-4-20(14)32-27-19-10-18(26)21-17-9-15(17)12-31-23(21)22(19)24(29)30/h3-4,8,10,13,15,17,27H,2,5-7,9,11-12H2,1H3,(H,29,30). The summed E-state index contributed by atoms with van der Waals surface area (Å²) in [5, 5.41) is 9.83. The predicted molar refractivity (Wildman–Crippen MR) is 120 cm³/mol. The number of likely N-dealkylation sites (tertiary alicyclic amines) is 1. The van der Waals surface area contributed by atoms with Crippen LogP contribution in [0.5, 0.6) is 5.75 Å². The van der Waals surface area contributed by atoms with Gasteiger partial charge in [0, 0.05) is 22.9 Å². The molecule has 5 nitrogen and oxygen atoms in total. The van der Waals surface area contributed by atoms with Gasteiger partial charge in [-0.1, -0.05) is 6.92 Å². The van der Waals surface area contributed by atoms with Gasteiger partial charge in [-0.25, -0.2) is 13.6 Å². The van der Waals surface area contributed by atoms with Crippen molar-refractivity contribution in [2.45, 2.75) is 37.0 Å². The van der Waals surface area contributed by atoms with Crippen molar-refractivity contribution in [2.24, 2.45) is 11.8 Å². The molecule has 1 aliphatic carbocycles. The molecule has 32 heavy (non-hydrogen) atoms. The van der Waals surface area contributed by atoms with E-state index in [9.17, 15) is 18.7 Å². The first-order valence-corrected chi connectivity index (χ1v) is 11.9. The molecule has 1 saturated carbocycles. The molecule has 2 fully saturated rings. The van der Waals surface area contributed by atoms with E-state index in [-0.39, 0.29) is 34.7 Å². The minimum absolute atomic E-state index is 0.0442. The van der Waals surface area contributed by atoms with Gasteiger partial charge in [0.05, 0.1) is 12.3 Å². The number of carboxylic acids is 1. The Balaban J connectivity index is 1.39. The van der Waals surface area contributed by atoms with Gasteiger partial charge < -0.3 is 19.5 Å². The zero-order valence-electron chi connectivity index (χ0n) is 17.9. The third kappa shape index (κ3) is 4.06. The van der Waals surface area contributed by atoms with Crippen molar-refractivity contribution in [2.75, 3.05) is 31.0 Å². The van der Waals surface area contributed by atoms with Gasteiger partial charge >= 0.3 is 5.97 Å². The SMILES string of the molecule is CCN1CCC(Cc2cc(F)ccc2SNc2cc(F)c3c(c2C(=O)O)OCC2CC32)C1. The molecule has 2 aromatic rings. The Morgan fingerprint density at radius 3 is 2.94 bits per heavy atom. The molecule has 0 spiro atoms. The molecule has 5 rings (SSSR count). The molecule has 0 bridgehead atoms. The summed E-state index contributed by atoms with van der Waals surface area (Å²) >= 11 is 1.19. The van der Waals surface area contributed by atoms with Crippen LogP contribution in [0.15, 0.2) is 29.2 Å². The van der Waals surface area contributed by atoms with Gasteiger partial charge in [0.15, 0.2) is 0 Å². The molecule has 3 aliphatic rings. The number of halogens is 2. The molecular formula is C24H26F2N2O3S. The van der Waals surface area contributed by atoms with Gasteiger partial charge in [0.25, 0.3) is 0 Å². The topological polar surface area (TPSA) is 61.8 Å². The molecule has 0 radical (unpaired) electrons. The molecule has 2 aromatic carbocycles. The lowest BCUT2D eigenvalue weighted by Gasteiger charge is -2.22. The van der Waals surface area contributed by atoms with Crippen molar-refractivity contribution in [1.82, 2.24) is 4.90 Å². The van der Waals surface area contributed by atoms with E-state index in [0.717, 1.165) is 49.4 Å². The van der Waals surface area contributed by atoms with Crippen LogP contribution in [0.4, 0.5) is 14.5 Å². The monoisotopic (exact) mass is 460 g/mol. The molecule has 1 saturated heterocycles. The number of hydrogen-bond donors (Lipinski definition) is 2. The maximum absolute atomic E-state index is 14.9. The predicted octanol–water partition coefficient (Wildman–Crippen LogP) is 5.16. The Hall–Kier alpha value is -2.32. The first-order valence-electron chi connectivity index (χ1n) is 11.1. The Kier molecular flexibility index (Phi) is 5.75. The minimum atomic E-state index is -1.16. The highest BCUT2D eigenvalue weighted by atomic mass is 32.2. The van der Waals surface area contributed by atoms with E-state index in [2.05, 4.69) is 16.5 Å². The number of nitrogens with one attached hydrogen (secondary N) is 1. The number of anilines is 1. The molecule has 0 aromatic heterocycles. The normalized spacial score (nSPS) is 23.9. The number of nitrogens with zero attached hydrogens (tertiary/aromatic N) is 1. The average Bonchev–Trinajstić information content (AvgIpc) is 3.42. The summed E-state index contributed by atoms with van der Waals surface area (Å²) in [5.74, 6) is -0.966. The van der Waals surface area contributed by atoms with Crippen LogP contribution in [0.1, 0.15) is 47.2 Å². The number of aromatic carboxylic acids is 1. The second kappa shape index (κ2) is 8.56. The highest BCUT2D eigenvalue weighted by molar-refractivity contribution is 8.00. The molecule has 2 heterocycles. The van der Waals surface area contributed by atoms with Crippen LogP contribution in [0.3, 0.4) is 0 Å². The minimum Gasteiger partial charge on any atom is -0.492 e. The van der Waals surface area contributed by atoms with Gasteiger partial charge in [-0.05, 0) is 86.0 Å². The number of hydrogen-bond acceptors (Lipinski definition) is 5. The highest BCUT2D eigenvalue weighted by Gasteiger charge is 2.47. The Labute approximate surface area is 190 Å². The van der Waals surface area contributed by atoms with Crippen LogP contribution in [0.2, 0.25) is 0 Å². The summed E-state index contributed by atoms with van der Waals surface area (Å²) in [6.45, 7) is 5.61. The number of rotatable bonds is 7. The van der Waals surface area contributed by atoms with E-state index >= 15 is 0 Å². The van der Waals surface area contributed by atoms with Gasteiger partial charge in [0.2, 0.25) is 0 Å². The maximum Gasteiger partial charge on any atom is 0.341 e. The second-order valence-electron chi connectivity index (χ2n) is 8.95. The first kappa shape index (κ1) is 21.5. The van der Waals surface area contributed by atoms with E-state index in [1.807, 2.05) is 0 Å². The molecule has 3 unspecified atom stereocenters. The highest BCUT2D eigenvalue weighted by Crippen LogP contribution is 2.56. The summed E-state index contributed by atoms with van der Waals surface area (Å²) in [6.07, 6.45) is 2.65. The van der Waals surface area contributed by atoms with Crippen LogP contribution < -0.4 is 9.46 Å². The smallest absolute Gasteiger partial charge is 0.341 e. The van der Waals surface area contributed by atoms with Gasteiger partial charge in [-0.15, -0.1) is 0 Å². The molecule has 2 N–H and O–H groups in total. The van der Waals surface area contributed by atoms with Crippen molar-refractivity contribution < 1.29 is 23.4 Å². The van der Waals surface area contributed by atoms with Crippen LogP contribution in [0, 0.1) is 23.5 Å². The molecule has 0 amide bonds. The summed E-state index contributed by atoms with van der Waals surface area (Å²) in [7, 11) is 0. The third-order valence-corrected chi connectivity index (χ3v) is 7.78. The first-order chi connectivity index (χ1) is 15.4. The lowest BCUT2D eigenvalue weighted by molar-refractivity contribution is 0.0692. The number of benzene rings is 2. The molecule has 8 heteroatoms. The Morgan fingerprint density at radius 2 is 2.19 bits per heavy atom. The summed E-state index contributed by atoms with van der Waals surface area (Å²) in [6, 6.07) is 5.87. The maximum atomic E-state index is 14.9. The molecule has 2 aliphatic heterocycles. The number of carboxylic acid groups (broad SMARTS) is 1. The molecular weight excluding hydrogens is 434 g/mol. The summed E-state index contributed by atoms with van der Waals surface area (Å²) in [4.78, 5) is 15.2. The molecule has 170 valence electrons. The fourth-order valence-electron chi connectivity index (χ4n) is 5.00. The fourth-order valence-corrected chi connectivity index (χ4v) is 5.79. The van der Waals surface area contributed by atoms with Crippen molar-refractivity contribution >= 4 is 23.6 Å². The van der Waals surface area contributed by atoms with E-state index in [1.54, 1.807) is 12.1 Å². The second-order valence-corrected chi connectivity index (χ2v) is 9.80. The van der Waals surface area contributed by atoms with Crippen LogP contribution in [0.25, 0.3) is 0 Å². The van der Waals surface area contributed by atoms with Gasteiger partial charge in [0.1, 0.15) is 22.9 Å². The lowest BCUT2D eigenvalue weighted by Crippen LogP contribution is -2.20. The van der Waals surface area contributed by atoms with E-state index < -0.39 is 11.8 Å². The fraction of sp³-hybridized carbons (Fsp3) is 0.458. The quantitative estimate of drug-likeness (QED) is 0.557. The molecule has 3 atom stereocenters. The van der Waals surface area contributed by atoms with Crippen molar-refractivity contribution in [3.05, 3.63) is 52.6 Å². The van der Waals surface area contributed by atoms with Crippen molar-refractivity contribution in [3.8, 4) is 5.75 Å². The summed E-state index contributed by atoms with van der Waals surface area (Å²) in [5.41, 5.74) is 1.37. The van der Waals surface area contributed by atoms with E-state index in [4.69, 9.17) is 4.74 Å². The van der Waals surface area contributed by atoms with Crippen molar-refractivity contribution in [3.63, 3.8) is 0 Å². The average molecular weight is 461 g/mol. The lowest BCUT2D eigenvalue weighted by atomic mass is 9.98. The van der Waals surface area contributed by atoms with Crippen molar-refractivity contribution in [1.29, 1.82) is 0 Å². The number of carbonyl (C=O) groups is 1. The Morgan fingerprint density at radius 1 is 1.34 bits per heavy atom. The van der Waals surface area contributed by atoms with Crippen LogP contribution in [-0.4, -0.2) is 42.2 Å². The largest absolute Gasteiger partial charge is 0.492 e. The van der Waals surface area contributed by atoms with Crippen LogP contribution in [-0.2, 0) is 6.42 Å². The van der Waals surface area contributed by atoms with Gasteiger partial charge in [-0.3, -0.25) is 0 Å². The zero-order chi connectivity index (χ0) is 22.4. The summed E-state index contributed by atoms with van der Waals surface area (Å²) < 4.78 is 37.6. The zero-order valence-corrected chi connectivity index (χ0v) is 18.7. The van der Waals surface area contributed by atoms with E-state index in [1.165, 1.54) is 24.1 Å². The van der Waals surface area contributed by atoms with Gasteiger partial charge in [-0.2, -0.15) is 0 Å². The third-order valence-electron chi connectivity index (χ3n) is 6.84.